The molecule has 0 aliphatic heterocycles. The lowest BCUT2D eigenvalue weighted by atomic mass is 9.44. The molecular formula is C23H40O2. The number of hydrogen-bond acceptors (Lipinski definition) is 2. The molecule has 9 atom stereocenters. The van der Waals surface area contributed by atoms with Crippen LogP contribution in [0.2, 0.25) is 0 Å². The van der Waals surface area contributed by atoms with Gasteiger partial charge in [0.2, 0.25) is 0 Å². The molecule has 0 aromatic carbocycles. The molecule has 4 fully saturated rings. The number of fused-ring (bicyclic) bond motifs is 5. The van der Waals surface area contributed by atoms with E-state index in [-0.39, 0.29) is 12.2 Å². The first kappa shape index (κ1) is 18.3. The molecule has 3 unspecified atom stereocenters. The van der Waals surface area contributed by atoms with Gasteiger partial charge in [0.15, 0.2) is 0 Å². The minimum Gasteiger partial charge on any atom is -0.393 e. The number of aliphatic hydroxyl groups excluding tert-OH is 2. The van der Waals surface area contributed by atoms with E-state index in [4.69, 9.17) is 0 Å². The molecule has 0 amide bonds. The second-order valence-electron chi connectivity index (χ2n) is 10.7. The first-order valence-corrected chi connectivity index (χ1v) is 11.2. The summed E-state index contributed by atoms with van der Waals surface area (Å²) in [6.45, 7) is 7.06. The molecule has 4 aliphatic carbocycles. The van der Waals surface area contributed by atoms with Gasteiger partial charge in [-0.1, -0.05) is 13.8 Å². The molecule has 2 heteroatoms. The quantitative estimate of drug-likeness (QED) is 0.739. The maximum Gasteiger partial charge on any atom is 0.0543 e. The van der Waals surface area contributed by atoms with Crippen LogP contribution in [-0.2, 0) is 0 Å². The third kappa shape index (κ3) is 2.81. The van der Waals surface area contributed by atoms with Crippen LogP contribution in [0.15, 0.2) is 0 Å². The topological polar surface area (TPSA) is 40.5 Å². The smallest absolute Gasteiger partial charge is 0.0543 e. The molecule has 0 aromatic heterocycles. The van der Waals surface area contributed by atoms with E-state index in [0.29, 0.717) is 10.8 Å². The minimum absolute atomic E-state index is 0.0325. The Morgan fingerprint density at radius 3 is 2.56 bits per heavy atom. The largest absolute Gasteiger partial charge is 0.393 e. The molecule has 2 nitrogen and oxygen atoms in total. The fourth-order valence-corrected chi connectivity index (χ4v) is 8.34. The maximum absolute atomic E-state index is 10.2. The van der Waals surface area contributed by atoms with Gasteiger partial charge in [0.1, 0.15) is 0 Å². The van der Waals surface area contributed by atoms with Gasteiger partial charge < -0.3 is 10.2 Å². The predicted octanol–water partition coefficient (Wildman–Crippen LogP) is 5.17. The van der Waals surface area contributed by atoms with Crippen molar-refractivity contribution in [3.05, 3.63) is 0 Å². The van der Waals surface area contributed by atoms with Gasteiger partial charge in [-0.15, -0.1) is 0 Å². The summed E-state index contributed by atoms with van der Waals surface area (Å²) >= 11 is 0. The van der Waals surface area contributed by atoms with Crippen LogP contribution in [0.5, 0.6) is 0 Å². The van der Waals surface area contributed by atoms with Gasteiger partial charge in [-0.05, 0) is 118 Å². The minimum atomic E-state index is -0.145. The molecule has 2 N–H and O–H groups in total. The summed E-state index contributed by atoms with van der Waals surface area (Å²) in [5.74, 6) is 4.33. The van der Waals surface area contributed by atoms with Crippen molar-refractivity contribution in [3.63, 3.8) is 0 Å². The Balaban J connectivity index is 1.58. The van der Waals surface area contributed by atoms with Crippen molar-refractivity contribution in [3.8, 4) is 0 Å². The monoisotopic (exact) mass is 348 g/mol. The standard InChI is InChI=1S/C23H40O2/c1-15-4-7-21-19-6-5-17-14-18(25)9-11-22(17,3)20(19)10-13-23(15,21)12-8-16(2)24/h15-21,24-25H,4-14H2,1-3H3/t15-,16-,17-,18+,19?,20?,21?,22-,23+/m0/s1. The van der Waals surface area contributed by atoms with Crippen molar-refractivity contribution in [2.24, 2.45) is 40.4 Å². The van der Waals surface area contributed by atoms with Gasteiger partial charge in [0.25, 0.3) is 0 Å². The van der Waals surface area contributed by atoms with Crippen LogP contribution in [0.4, 0.5) is 0 Å². The zero-order chi connectivity index (χ0) is 17.8. The third-order valence-corrected chi connectivity index (χ3v) is 9.81. The molecule has 4 saturated carbocycles. The maximum atomic E-state index is 10.2. The second-order valence-corrected chi connectivity index (χ2v) is 10.7. The Morgan fingerprint density at radius 2 is 1.80 bits per heavy atom. The van der Waals surface area contributed by atoms with Crippen molar-refractivity contribution in [1.29, 1.82) is 0 Å². The molecule has 4 aliphatic rings. The SMILES string of the molecule is C[C@H](O)CC[C@]12CCC3C(CC[C@H]4C[C@H](O)CC[C@]34C)C1CC[C@@H]2C. The van der Waals surface area contributed by atoms with Crippen LogP contribution in [-0.4, -0.2) is 22.4 Å². The Bertz CT molecular complexity index is 488. The average molecular weight is 349 g/mol. The highest BCUT2D eigenvalue weighted by molar-refractivity contribution is 5.09. The highest BCUT2D eigenvalue weighted by Crippen LogP contribution is 2.68. The molecule has 0 radical (unpaired) electrons. The molecular weight excluding hydrogens is 308 g/mol. The summed E-state index contributed by atoms with van der Waals surface area (Å²) in [5, 5.41) is 20.1. The summed E-state index contributed by atoms with van der Waals surface area (Å²) in [6.07, 6.45) is 13.8. The van der Waals surface area contributed by atoms with Crippen molar-refractivity contribution < 1.29 is 10.2 Å². The Morgan fingerprint density at radius 1 is 1.00 bits per heavy atom. The molecule has 4 rings (SSSR count). The van der Waals surface area contributed by atoms with E-state index in [1.165, 1.54) is 51.4 Å². The molecule has 0 saturated heterocycles. The van der Waals surface area contributed by atoms with E-state index in [1.54, 1.807) is 0 Å². The number of rotatable bonds is 3. The lowest BCUT2D eigenvalue weighted by Gasteiger charge is -2.61. The van der Waals surface area contributed by atoms with E-state index in [9.17, 15) is 10.2 Å². The van der Waals surface area contributed by atoms with Crippen molar-refractivity contribution >= 4 is 0 Å². The second kappa shape index (κ2) is 6.51. The van der Waals surface area contributed by atoms with Crippen LogP contribution in [0.25, 0.3) is 0 Å². The Labute approximate surface area is 154 Å². The zero-order valence-corrected chi connectivity index (χ0v) is 16.7. The van der Waals surface area contributed by atoms with Gasteiger partial charge >= 0.3 is 0 Å². The van der Waals surface area contributed by atoms with Gasteiger partial charge in [0, 0.05) is 0 Å². The zero-order valence-electron chi connectivity index (χ0n) is 16.7. The molecule has 0 spiro atoms. The normalized spacial score (nSPS) is 53.6. The fourth-order valence-electron chi connectivity index (χ4n) is 8.34. The van der Waals surface area contributed by atoms with E-state index >= 15 is 0 Å². The summed E-state index contributed by atoms with van der Waals surface area (Å²) in [7, 11) is 0. The first-order chi connectivity index (χ1) is 11.9. The number of aliphatic hydroxyl groups is 2. The van der Waals surface area contributed by atoms with Crippen LogP contribution < -0.4 is 0 Å². The highest BCUT2D eigenvalue weighted by atomic mass is 16.3. The van der Waals surface area contributed by atoms with Crippen LogP contribution in [0, 0.1) is 40.4 Å². The van der Waals surface area contributed by atoms with E-state index in [0.717, 1.165) is 48.9 Å². The summed E-state index contributed by atoms with van der Waals surface area (Å²) < 4.78 is 0. The predicted molar refractivity (Wildman–Crippen MR) is 102 cm³/mol. The molecule has 144 valence electrons. The molecule has 25 heavy (non-hydrogen) atoms. The molecule has 0 bridgehead atoms. The third-order valence-electron chi connectivity index (χ3n) is 9.81. The van der Waals surface area contributed by atoms with Crippen LogP contribution in [0.3, 0.4) is 0 Å². The Hall–Kier alpha value is -0.0800. The van der Waals surface area contributed by atoms with Crippen molar-refractivity contribution in [2.45, 2.75) is 104 Å². The molecule has 0 heterocycles. The Kier molecular flexibility index (Phi) is 4.77. The number of hydrogen-bond donors (Lipinski definition) is 2. The fraction of sp³-hybridized carbons (Fsp3) is 1.00. The van der Waals surface area contributed by atoms with E-state index in [2.05, 4.69) is 13.8 Å². The summed E-state index contributed by atoms with van der Waals surface area (Å²) in [5.41, 5.74) is 1.01. The van der Waals surface area contributed by atoms with E-state index in [1.807, 2.05) is 6.92 Å². The summed E-state index contributed by atoms with van der Waals surface area (Å²) in [4.78, 5) is 0. The van der Waals surface area contributed by atoms with Crippen molar-refractivity contribution in [1.82, 2.24) is 0 Å². The lowest BCUT2D eigenvalue weighted by Crippen LogP contribution is -2.54. The average Bonchev–Trinajstić information content (AvgIpc) is 2.91. The van der Waals surface area contributed by atoms with Gasteiger partial charge in [-0.3, -0.25) is 0 Å². The molecule has 0 aromatic rings. The lowest BCUT2D eigenvalue weighted by molar-refractivity contribution is -0.132. The highest BCUT2D eigenvalue weighted by Gasteiger charge is 2.60. The van der Waals surface area contributed by atoms with Gasteiger partial charge in [-0.25, -0.2) is 0 Å². The van der Waals surface area contributed by atoms with Crippen LogP contribution in [0.1, 0.15) is 91.4 Å². The van der Waals surface area contributed by atoms with Gasteiger partial charge in [-0.2, -0.15) is 0 Å². The van der Waals surface area contributed by atoms with Gasteiger partial charge in [0.05, 0.1) is 12.2 Å². The summed E-state index contributed by atoms with van der Waals surface area (Å²) in [6, 6.07) is 0. The van der Waals surface area contributed by atoms with E-state index < -0.39 is 0 Å². The van der Waals surface area contributed by atoms with Crippen LogP contribution >= 0.6 is 0 Å². The first-order valence-electron chi connectivity index (χ1n) is 11.2. The van der Waals surface area contributed by atoms with Crippen molar-refractivity contribution in [2.75, 3.05) is 0 Å².